The first-order valence-corrected chi connectivity index (χ1v) is 9.42. The van der Waals surface area contributed by atoms with Gasteiger partial charge in [-0.25, -0.2) is 0 Å². The summed E-state index contributed by atoms with van der Waals surface area (Å²) in [6, 6.07) is 4.14. The van der Waals surface area contributed by atoms with Crippen molar-refractivity contribution < 1.29 is 4.79 Å². The van der Waals surface area contributed by atoms with Crippen LogP contribution in [0, 0.1) is 13.8 Å². The summed E-state index contributed by atoms with van der Waals surface area (Å²) in [5.74, 6) is 0.265. The van der Waals surface area contributed by atoms with E-state index in [1.54, 1.807) is 0 Å². The van der Waals surface area contributed by atoms with Crippen LogP contribution in [-0.2, 0) is 24.7 Å². The minimum Gasteiger partial charge on any atom is -0.340 e. The van der Waals surface area contributed by atoms with Gasteiger partial charge in [-0.15, -0.1) is 0 Å². The normalized spacial score (nSPS) is 15.4. The number of piperazine rings is 1. The van der Waals surface area contributed by atoms with Crippen molar-refractivity contribution in [3.8, 4) is 0 Å². The van der Waals surface area contributed by atoms with Gasteiger partial charge >= 0.3 is 0 Å². The van der Waals surface area contributed by atoms with E-state index < -0.39 is 0 Å². The van der Waals surface area contributed by atoms with Crippen molar-refractivity contribution in [1.29, 1.82) is 0 Å². The van der Waals surface area contributed by atoms with Crippen molar-refractivity contribution in [2.24, 2.45) is 7.05 Å². The molecule has 0 bridgehead atoms. The highest BCUT2D eigenvalue weighted by atomic mass is 16.2. The summed E-state index contributed by atoms with van der Waals surface area (Å²) in [6.45, 7) is 8.72. The molecule has 0 spiro atoms. The van der Waals surface area contributed by atoms with Gasteiger partial charge in [0.05, 0.1) is 5.69 Å². The summed E-state index contributed by atoms with van der Waals surface area (Å²) in [5.41, 5.74) is 4.74. The van der Waals surface area contributed by atoms with E-state index >= 15 is 0 Å². The molecular weight excluding hydrogens is 326 g/mol. The lowest BCUT2D eigenvalue weighted by molar-refractivity contribution is -0.132. The van der Waals surface area contributed by atoms with Crippen LogP contribution in [0.1, 0.15) is 28.9 Å². The fourth-order valence-corrected chi connectivity index (χ4v) is 3.63. The highest BCUT2D eigenvalue weighted by molar-refractivity contribution is 5.76. The van der Waals surface area contributed by atoms with Gasteiger partial charge < -0.3 is 4.90 Å². The monoisotopic (exact) mass is 355 g/mol. The average Bonchev–Trinajstić information content (AvgIpc) is 2.91. The van der Waals surface area contributed by atoms with E-state index in [1.165, 1.54) is 11.1 Å². The summed E-state index contributed by atoms with van der Waals surface area (Å²) in [5, 5.41) is 4.44. The Bertz CT molecular complexity index is 732. The Morgan fingerprint density at radius 3 is 2.38 bits per heavy atom. The molecule has 3 heterocycles. The Morgan fingerprint density at radius 2 is 1.77 bits per heavy atom. The first kappa shape index (κ1) is 18.6. The lowest BCUT2D eigenvalue weighted by atomic mass is 10.1. The number of rotatable bonds is 6. The van der Waals surface area contributed by atoms with Crippen LogP contribution >= 0.6 is 0 Å². The number of pyridine rings is 1. The molecule has 2 aromatic heterocycles. The number of amides is 1. The molecule has 1 fully saturated rings. The Hall–Kier alpha value is -2.21. The predicted octanol–water partition coefficient (Wildman–Crippen LogP) is 1.75. The van der Waals surface area contributed by atoms with Gasteiger partial charge in [0, 0.05) is 64.3 Å². The second kappa shape index (κ2) is 8.45. The first-order chi connectivity index (χ1) is 12.5. The number of hydrogen-bond donors (Lipinski definition) is 0. The molecule has 26 heavy (non-hydrogen) atoms. The standard InChI is InChI=1S/C20H29N5O/c1-16-19(17(2)23(3)22-16)4-5-20(26)25-14-12-24(13-15-25)11-8-18-6-9-21-10-7-18/h6-7,9-10H,4-5,8,11-15H2,1-3H3. The van der Waals surface area contributed by atoms with Crippen LogP contribution in [-0.4, -0.2) is 63.2 Å². The highest BCUT2D eigenvalue weighted by Gasteiger charge is 2.21. The van der Waals surface area contributed by atoms with Crippen LogP contribution in [0.25, 0.3) is 0 Å². The molecule has 0 aromatic carbocycles. The van der Waals surface area contributed by atoms with E-state index in [4.69, 9.17) is 0 Å². The zero-order chi connectivity index (χ0) is 18.5. The maximum Gasteiger partial charge on any atom is 0.222 e. The fourth-order valence-electron chi connectivity index (χ4n) is 3.63. The van der Waals surface area contributed by atoms with Crippen LogP contribution in [0.3, 0.4) is 0 Å². The minimum atomic E-state index is 0.265. The smallest absolute Gasteiger partial charge is 0.222 e. The second-order valence-corrected chi connectivity index (χ2v) is 7.10. The Morgan fingerprint density at radius 1 is 1.08 bits per heavy atom. The quantitative estimate of drug-likeness (QED) is 0.792. The lowest BCUT2D eigenvalue weighted by Gasteiger charge is -2.34. The van der Waals surface area contributed by atoms with Crippen molar-refractivity contribution in [3.63, 3.8) is 0 Å². The molecule has 0 aliphatic carbocycles. The van der Waals surface area contributed by atoms with Crippen molar-refractivity contribution in [3.05, 3.63) is 47.0 Å². The lowest BCUT2D eigenvalue weighted by Crippen LogP contribution is -2.49. The largest absolute Gasteiger partial charge is 0.340 e. The number of aryl methyl sites for hydroxylation is 2. The summed E-state index contributed by atoms with van der Waals surface area (Å²) in [4.78, 5) is 21.1. The van der Waals surface area contributed by atoms with E-state index in [-0.39, 0.29) is 5.91 Å². The maximum absolute atomic E-state index is 12.6. The van der Waals surface area contributed by atoms with Gasteiger partial charge in [-0.05, 0) is 49.9 Å². The SMILES string of the molecule is Cc1nn(C)c(C)c1CCC(=O)N1CCN(CCc2ccncc2)CC1. The highest BCUT2D eigenvalue weighted by Crippen LogP contribution is 2.15. The molecule has 0 unspecified atom stereocenters. The van der Waals surface area contributed by atoms with Gasteiger partial charge in [-0.1, -0.05) is 0 Å². The molecule has 0 N–H and O–H groups in total. The molecule has 1 aliphatic rings. The van der Waals surface area contributed by atoms with Crippen molar-refractivity contribution >= 4 is 5.91 Å². The molecule has 1 aliphatic heterocycles. The third-order valence-corrected chi connectivity index (χ3v) is 5.44. The number of carbonyl (C=O) groups is 1. The molecular formula is C20H29N5O. The Labute approximate surface area is 155 Å². The van der Waals surface area contributed by atoms with E-state index in [1.807, 2.05) is 35.9 Å². The van der Waals surface area contributed by atoms with E-state index in [9.17, 15) is 4.79 Å². The molecule has 6 nitrogen and oxygen atoms in total. The minimum absolute atomic E-state index is 0.265. The summed E-state index contributed by atoms with van der Waals surface area (Å²) < 4.78 is 1.90. The van der Waals surface area contributed by atoms with Crippen LogP contribution in [0.5, 0.6) is 0 Å². The molecule has 1 amide bonds. The van der Waals surface area contributed by atoms with Gasteiger partial charge in [0.2, 0.25) is 5.91 Å². The maximum atomic E-state index is 12.6. The molecule has 2 aromatic rings. The number of nitrogens with zero attached hydrogens (tertiary/aromatic N) is 5. The summed E-state index contributed by atoms with van der Waals surface area (Å²) in [7, 11) is 1.96. The van der Waals surface area contributed by atoms with Crippen molar-refractivity contribution in [2.75, 3.05) is 32.7 Å². The van der Waals surface area contributed by atoms with Crippen molar-refractivity contribution in [2.45, 2.75) is 33.1 Å². The molecule has 1 saturated heterocycles. The van der Waals surface area contributed by atoms with Crippen LogP contribution in [0.4, 0.5) is 0 Å². The molecule has 0 saturated carbocycles. The van der Waals surface area contributed by atoms with Gasteiger partial charge in [0.25, 0.3) is 0 Å². The predicted molar refractivity (Wildman–Crippen MR) is 102 cm³/mol. The summed E-state index contributed by atoms with van der Waals surface area (Å²) in [6.07, 6.45) is 6.09. The molecule has 0 atom stereocenters. The van der Waals surface area contributed by atoms with Crippen LogP contribution in [0.2, 0.25) is 0 Å². The first-order valence-electron chi connectivity index (χ1n) is 9.42. The molecule has 6 heteroatoms. The zero-order valence-corrected chi connectivity index (χ0v) is 16.1. The fraction of sp³-hybridized carbons (Fsp3) is 0.550. The molecule has 3 rings (SSSR count). The third kappa shape index (κ3) is 4.49. The number of carbonyl (C=O) groups excluding carboxylic acids is 1. The van der Waals surface area contributed by atoms with E-state index in [2.05, 4.69) is 34.0 Å². The van der Waals surface area contributed by atoms with E-state index in [0.717, 1.165) is 57.0 Å². The number of aromatic nitrogens is 3. The average molecular weight is 355 g/mol. The molecule has 0 radical (unpaired) electrons. The van der Waals surface area contributed by atoms with Crippen LogP contribution < -0.4 is 0 Å². The van der Waals surface area contributed by atoms with E-state index in [0.29, 0.717) is 6.42 Å². The van der Waals surface area contributed by atoms with Gasteiger partial charge in [0.1, 0.15) is 0 Å². The van der Waals surface area contributed by atoms with Crippen LogP contribution in [0.15, 0.2) is 24.5 Å². The third-order valence-electron chi connectivity index (χ3n) is 5.44. The molecule has 140 valence electrons. The van der Waals surface area contributed by atoms with Gasteiger partial charge in [-0.2, -0.15) is 5.10 Å². The number of hydrogen-bond acceptors (Lipinski definition) is 4. The summed E-state index contributed by atoms with van der Waals surface area (Å²) >= 11 is 0. The Balaban J connectivity index is 1.42. The topological polar surface area (TPSA) is 54.3 Å². The van der Waals surface area contributed by atoms with Gasteiger partial charge in [-0.3, -0.25) is 19.4 Å². The zero-order valence-electron chi connectivity index (χ0n) is 16.1. The second-order valence-electron chi connectivity index (χ2n) is 7.10. The van der Waals surface area contributed by atoms with Crippen molar-refractivity contribution in [1.82, 2.24) is 24.6 Å². The van der Waals surface area contributed by atoms with Gasteiger partial charge in [0.15, 0.2) is 0 Å². The Kier molecular flexibility index (Phi) is 6.04.